The van der Waals surface area contributed by atoms with Crippen molar-refractivity contribution < 1.29 is 4.39 Å². The number of rotatable bonds is 2. The second kappa shape index (κ2) is 4.67. The van der Waals surface area contributed by atoms with Gasteiger partial charge in [0.05, 0.1) is 22.6 Å². The van der Waals surface area contributed by atoms with E-state index in [0.717, 1.165) is 22.6 Å². The zero-order valence-corrected chi connectivity index (χ0v) is 11.2. The zero-order valence-electron chi connectivity index (χ0n) is 10.4. The van der Waals surface area contributed by atoms with Crippen molar-refractivity contribution in [1.29, 1.82) is 0 Å². The number of fused-ring (bicyclic) bond motifs is 1. The van der Waals surface area contributed by atoms with Crippen LogP contribution in [0.4, 0.5) is 4.39 Å². The lowest BCUT2D eigenvalue weighted by molar-refractivity contribution is 0.629. The predicted molar refractivity (Wildman–Crippen MR) is 75.3 cm³/mol. The number of para-hydroxylation sites is 1. The topological polar surface area (TPSA) is 17.8 Å². The third kappa shape index (κ3) is 2.00. The first-order chi connectivity index (χ1) is 9.20. The largest absolute Gasteiger partial charge is 0.295 e. The van der Waals surface area contributed by atoms with Gasteiger partial charge in [-0.2, -0.15) is 0 Å². The molecule has 96 valence electrons. The lowest BCUT2D eigenvalue weighted by Crippen LogP contribution is -2.01. The maximum absolute atomic E-state index is 13.3. The Kier molecular flexibility index (Phi) is 2.99. The summed E-state index contributed by atoms with van der Waals surface area (Å²) < 4.78 is 15.3. The summed E-state index contributed by atoms with van der Waals surface area (Å²) in [5, 5.41) is 0. The third-order valence-electron chi connectivity index (χ3n) is 3.16. The molecule has 0 N–H and O–H groups in total. The van der Waals surface area contributed by atoms with Crippen LogP contribution in [0, 0.1) is 12.7 Å². The smallest absolute Gasteiger partial charge is 0.129 e. The lowest BCUT2D eigenvalue weighted by Gasteiger charge is -2.10. The Hall–Kier alpha value is -1.87. The van der Waals surface area contributed by atoms with Gasteiger partial charge in [0.2, 0.25) is 0 Å². The number of benzene rings is 2. The predicted octanol–water partition coefficient (Wildman–Crippen LogP) is 4.21. The van der Waals surface area contributed by atoms with Gasteiger partial charge in [-0.1, -0.05) is 18.2 Å². The van der Waals surface area contributed by atoms with Crippen LogP contribution < -0.4 is 0 Å². The molecule has 0 radical (unpaired) electrons. The van der Waals surface area contributed by atoms with Crippen LogP contribution in [0.15, 0.2) is 42.5 Å². The van der Waals surface area contributed by atoms with E-state index in [1.165, 1.54) is 12.1 Å². The normalized spacial score (nSPS) is 11.1. The van der Waals surface area contributed by atoms with E-state index in [1.807, 2.05) is 35.8 Å². The van der Waals surface area contributed by atoms with Gasteiger partial charge in [-0.25, -0.2) is 9.37 Å². The quantitative estimate of drug-likeness (QED) is 0.640. The summed E-state index contributed by atoms with van der Waals surface area (Å²) in [4.78, 5) is 4.40. The van der Waals surface area contributed by atoms with E-state index in [2.05, 4.69) is 4.98 Å². The van der Waals surface area contributed by atoms with E-state index >= 15 is 0 Å². The standard InChI is InChI=1S/C15H12ClFN2/c1-10-4-2-3-5-13(10)19-14-7-6-11(17)8-12(14)18-15(19)9-16/h2-8H,9H2,1H3. The second-order valence-electron chi connectivity index (χ2n) is 4.42. The summed E-state index contributed by atoms with van der Waals surface area (Å²) in [5.74, 6) is 0.713. The molecule has 3 aromatic rings. The molecule has 2 aromatic carbocycles. The van der Waals surface area contributed by atoms with Crippen LogP contribution in [0.5, 0.6) is 0 Å². The molecule has 0 unspecified atom stereocenters. The zero-order chi connectivity index (χ0) is 13.4. The Bertz CT molecular complexity index is 749. The molecule has 0 atom stereocenters. The molecule has 0 aliphatic heterocycles. The van der Waals surface area contributed by atoms with Crippen molar-refractivity contribution in [2.45, 2.75) is 12.8 Å². The highest BCUT2D eigenvalue weighted by Crippen LogP contribution is 2.25. The van der Waals surface area contributed by atoms with E-state index in [-0.39, 0.29) is 11.7 Å². The van der Waals surface area contributed by atoms with Crippen molar-refractivity contribution in [2.24, 2.45) is 0 Å². The van der Waals surface area contributed by atoms with Crippen molar-refractivity contribution in [3.05, 3.63) is 59.7 Å². The van der Waals surface area contributed by atoms with Crippen LogP contribution in [0.25, 0.3) is 16.7 Å². The Balaban J connectivity index is 2.36. The molecule has 0 fully saturated rings. The van der Waals surface area contributed by atoms with Crippen molar-refractivity contribution in [1.82, 2.24) is 9.55 Å². The second-order valence-corrected chi connectivity index (χ2v) is 4.68. The number of nitrogens with zero attached hydrogens (tertiary/aromatic N) is 2. The van der Waals surface area contributed by atoms with E-state index < -0.39 is 0 Å². The molecular weight excluding hydrogens is 263 g/mol. The Labute approximate surface area is 115 Å². The van der Waals surface area contributed by atoms with Gasteiger partial charge < -0.3 is 0 Å². The maximum Gasteiger partial charge on any atom is 0.129 e. The Morgan fingerprint density at radius 2 is 2.00 bits per heavy atom. The maximum atomic E-state index is 13.3. The van der Waals surface area contributed by atoms with Gasteiger partial charge in [-0.15, -0.1) is 11.6 Å². The molecule has 0 aliphatic carbocycles. The molecule has 0 saturated carbocycles. The number of imidazole rings is 1. The minimum absolute atomic E-state index is 0.282. The van der Waals surface area contributed by atoms with Crippen molar-refractivity contribution in [3.8, 4) is 5.69 Å². The number of hydrogen-bond donors (Lipinski definition) is 0. The number of halogens is 2. The van der Waals surface area contributed by atoms with Gasteiger partial charge in [-0.05, 0) is 30.7 Å². The number of alkyl halides is 1. The summed E-state index contributed by atoms with van der Waals surface area (Å²) in [6.45, 7) is 2.03. The van der Waals surface area contributed by atoms with Crippen LogP contribution in [0.2, 0.25) is 0 Å². The summed E-state index contributed by atoms with van der Waals surface area (Å²) >= 11 is 5.97. The van der Waals surface area contributed by atoms with E-state index in [0.29, 0.717) is 5.52 Å². The minimum Gasteiger partial charge on any atom is -0.295 e. The van der Waals surface area contributed by atoms with E-state index in [9.17, 15) is 4.39 Å². The van der Waals surface area contributed by atoms with Crippen LogP contribution in [-0.2, 0) is 5.88 Å². The fraction of sp³-hybridized carbons (Fsp3) is 0.133. The number of aryl methyl sites for hydroxylation is 1. The molecule has 1 heterocycles. The van der Waals surface area contributed by atoms with Gasteiger partial charge in [0.15, 0.2) is 0 Å². The molecule has 0 amide bonds. The molecule has 0 saturated heterocycles. The van der Waals surface area contributed by atoms with Crippen LogP contribution in [0.3, 0.4) is 0 Å². The van der Waals surface area contributed by atoms with Crippen molar-refractivity contribution in [3.63, 3.8) is 0 Å². The van der Waals surface area contributed by atoms with E-state index in [4.69, 9.17) is 11.6 Å². The number of aromatic nitrogens is 2. The van der Waals surface area contributed by atoms with Crippen molar-refractivity contribution in [2.75, 3.05) is 0 Å². The molecule has 19 heavy (non-hydrogen) atoms. The number of hydrogen-bond acceptors (Lipinski definition) is 1. The van der Waals surface area contributed by atoms with E-state index in [1.54, 1.807) is 6.07 Å². The van der Waals surface area contributed by atoms with Gasteiger partial charge in [0.1, 0.15) is 11.6 Å². The molecule has 0 aliphatic rings. The van der Waals surface area contributed by atoms with Gasteiger partial charge in [-0.3, -0.25) is 4.57 Å². The highest BCUT2D eigenvalue weighted by molar-refractivity contribution is 6.17. The first-order valence-electron chi connectivity index (χ1n) is 5.99. The molecular formula is C15H12ClFN2. The van der Waals surface area contributed by atoms with Gasteiger partial charge >= 0.3 is 0 Å². The van der Waals surface area contributed by atoms with Crippen LogP contribution in [0.1, 0.15) is 11.4 Å². The Morgan fingerprint density at radius 3 is 2.74 bits per heavy atom. The molecule has 4 heteroatoms. The molecule has 0 bridgehead atoms. The average molecular weight is 275 g/mol. The van der Waals surface area contributed by atoms with Crippen molar-refractivity contribution >= 4 is 22.6 Å². The molecule has 1 aromatic heterocycles. The third-order valence-corrected chi connectivity index (χ3v) is 3.40. The molecule has 2 nitrogen and oxygen atoms in total. The average Bonchev–Trinajstić information content (AvgIpc) is 2.76. The van der Waals surface area contributed by atoms with Gasteiger partial charge in [0, 0.05) is 6.07 Å². The molecule has 3 rings (SSSR count). The van der Waals surface area contributed by atoms with Crippen LogP contribution >= 0.6 is 11.6 Å². The monoisotopic (exact) mass is 274 g/mol. The fourth-order valence-corrected chi connectivity index (χ4v) is 2.46. The Morgan fingerprint density at radius 1 is 1.21 bits per heavy atom. The van der Waals surface area contributed by atoms with Gasteiger partial charge in [0.25, 0.3) is 0 Å². The summed E-state index contributed by atoms with van der Waals surface area (Å²) in [6, 6.07) is 12.6. The minimum atomic E-state index is -0.289. The fourth-order valence-electron chi connectivity index (χ4n) is 2.28. The lowest BCUT2D eigenvalue weighted by atomic mass is 10.2. The molecule has 0 spiro atoms. The SMILES string of the molecule is Cc1ccccc1-n1c(CCl)nc2cc(F)ccc21. The first-order valence-corrected chi connectivity index (χ1v) is 6.53. The highest BCUT2D eigenvalue weighted by atomic mass is 35.5. The first kappa shape index (κ1) is 12.2. The highest BCUT2D eigenvalue weighted by Gasteiger charge is 2.13. The van der Waals surface area contributed by atoms with Crippen LogP contribution in [-0.4, -0.2) is 9.55 Å². The summed E-state index contributed by atoms with van der Waals surface area (Å²) in [6.07, 6.45) is 0. The summed E-state index contributed by atoms with van der Waals surface area (Å²) in [7, 11) is 0. The summed E-state index contributed by atoms with van der Waals surface area (Å²) in [5.41, 5.74) is 3.63.